The van der Waals surface area contributed by atoms with Crippen molar-refractivity contribution in [3.05, 3.63) is 43.0 Å². The SMILES string of the molecule is BC(C=C)=Nc1ccccc1. The van der Waals surface area contributed by atoms with Crippen LogP contribution in [0.5, 0.6) is 0 Å². The Hall–Kier alpha value is -1.31. The molecule has 0 aliphatic carbocycles. The van der Waals surface area contributed by atoms with Gasteiger partial charge in [-0.15, -0.1) is 0 Å². The van der Waals surface area contributed by atoms with E-state index in [1.165, 1.54) is 0 Å². The summed E-state index contributed by atoms with van der Waals surface area (Å²) in [6.45, 7) is 3.63. The Labute approximate surface area is 67.9 Å². The van der Waals surface area contributed by atoms with Gasteiger partial charge in [0.1, 0.15) is 0 Å². The average Bonchev–Trinajstić information content (AvgIpc) is 2.06. The van der Waals surface area contributed by atoms with Gasteiger partial charge in [0, 0.05) is 0 Å². The van der Waals surface area contributed by atoms with Gasteiger partial charge in [-0.05, 0) is 17.7 Å². The second-order valence-electron chi connectivity index (χ2n) is 2.29. The van der Waals surface area contributed by atoms with E-state index in [-0.39, 0.29) is 0 Å². The Morgan fingerprint density at radius 1 is 1.36 bits per heavy atom. The fourth-order valence-electron chi connectivity index (χ4n) is 0.752. The van der Waals surface area contributed by atoms with E-state index in [1.54, 1.807) is 6.08 Å². The van der Waals surface area contributed by atoms with Crippen LogP contribution in [0.4, 0.5) is 5.69 Å². The van der Waals surface area contributed by atoms with E-state index in [1.807, 2.05) is 38.2 Å². The molecule has 0 aromatic heterocycles. The Kier molecular flexibility index (Phi) is 2.67. The molecule has 0 amide bonds. The lowest BCUT2D eigenvalue weighted by molar-refractivity contribution is 1.54. The maximum atomic E-state index is 4.28. The van der Waals surface area contributed by atoms with E-state index in [0.29, 0.717) is 0 Å². The number of aliphatic imine (C=N–C) groups is 1. The predicted octanol–water partition coefficient (Wildman–Crippen LogP) is 1.54. The molecule has 1 rings (SSSR count). The predicted molar refractivity (Wildman–Crippen MR) is 52.3 cm³/mol. The van der Waals surface area contributed by atoms with Crippen LogP contribution in [0.2, 0.25) is 0 Å². The first-order valence-corrected chi connectivity index (χ1v) is 3.55. The minimum Gasteiger partial charge on any atom is -0.264 e. The molecule has 0 aliphatic heterocycles. The second-order valence-corrected chi connectivity index (χ2v) is 2.29. The Morgan fingerprint density at radius 2 is 2.00 bits per heavy atom. The Balaban J connectivity index is 2.87. The molecule has 11 heavy (non-hydrogen) atoms. The minimum atomic E-state index is 0.941. The molecule has 0 aliphatic rings. The molecule has 0 spiro atoms. The van der Waals surface area contributed by atoms with Gasteiger partial charge in [-0.1, -0.05) is 30.9 Å². The van der Waals surface area contributed by atoms with Gasteiger partial charge in [0.05, 0.1) is 5.69 Å². The van der Waals surface area contributed by atoms with Gasteiger partial charge in [-0.25, -0.2) is 0 Å². The smallest absolute Gasteiger partial charge is 0.163 e. The third-order valence-electron chi connectivity index (χ3n) is 1.36. The van der Waals surface area contributed by atoms with Crippen molar-refractivity contribution < 1.29 is 0 Å². The van der Waals surface area contributed by atoms with E-state index in [0.717, 1.165) is 11.3 Å². The quantitative estimate of drug-likeness (QED) is 0.439. The highest BCUT2D eigenvalue weighted by atomic mass is 14.7. The normalized spacial score (nSPS) is 11.1. The van der Waals surface area contributed by atoms with Crippen molar-refractivity contribution in [2.45, 2.75) is 0 Å². The first-order valence-electron chi connectivity index (χ1n) is 3.55. The zero-order valence-corrected chi connectivity index (χ0v) is 6.62. The zero-order valence-electron chi connectivity index (χ0n) is 6.62. The van der Waals surface area contributed by atoms with Crippen LogP contribution in [-0.2, 0) is 0 Å². The molecule has 1 nitrogen and oxygen atoms in total. The first kappa shape index (κ1) is 7.80. The molecule has 0 heterocycles. The van der Waals surface area contributed by atoms with E-state index < -0.39 is 0 Å². The zero-order chi connectivity index (χ0) is 8.10. The van der Waals surface area contributed by atoms with Gasteiger partial charge in [-0.3, -0.25) is 4.99 Å². The topological polar surface area (TPSA) is 12.4 Å². The number of allylic oxidation sites excluding steroid dienone is 1. The third-order valence-corrected chi connectivity index (χ3v) is 1.36. The summed E-state index contributed by atoms with van der Waals surface area (Å²) in [5.41, 5.74) is 1.92. The number of hydrogen-bond donors (Lipinski definition) is 0. The van der Waals surface area contributed by atoms with Crippen molar-refractivity contribution in [3.63, 3.8) is 0 Å². The summed E-state index contributed by atoms with van der Waals surface area (Å²) in [7, 11) is 1.93. The van der Waals surface area contributed by atoms with Gasteiger partial charge < -0.3 is 0 Å². The second kappa shape index (κ2) is 3.76. The number of benzene rings is 1. The van der Waals surface area contributed by atoms with Crippen molar-refractivity contribution >= 4 is 19.1 Å². The monoisotopic (exact) mass is 143 g/mol. The largest absolute Gasteiger partial charge is 0.264 e. The summed E-state index contributed by atoms with van der Waals surface area (Å²) in [6, 6.07) is 9.84. The maximum absolute atomic E-state index is 4.28. The van der Waals surface area contributed by atoms with Gasteiger partial charge in [0.2, 0.25) is 0 Å². The molecule has 0 unspecified atom stereocenters. The highest BCUT2D eigenvalue weighted by Crippen LogP contribution is 2.09. The van der Waals surface area contributed by atoms with Crippen LogP contribution in [0.1, 0.15) is 0 Å². The van der Waals surface area contributed by atoms with Crippen LogP contribution in [0.15, 0.2) is 48.0 Å². The summed E-state index contributed by atoms with van der Waals surface area (Å²) in [4.78, 5) is 4.28. The molecule has 1 aromatic carbocycles. The molecular formula is C9H10BN. The van der Waals surface area contributed by atoms with Gasteiger partial charge in [0.15, 0.2) is 7.85 Å². The van der Waals surface area contributed by atoms with Crippen LogP contribution >= 0.6 is 0 Å². The van der Waals surface area contributed by atoms with Crippen LogP contribution < -0.4 is 0 Å². The van der Waals surface area contributed by atoms with Crippen LogP contribution in [0.3, 0.4) is 0 Å². The van der Waals surface area contributed by atoms with Crippen LogP contribution in [0, 0.1) is 0 Å². The lowest BCUT2D eigenvalue weighted by atomic mass is 10.0. The molecule has 0 saturated heterocycles. The van der Waals surface area contributed by atoms with Gasteiger partial charge in [-0.2, -0.15) is 0 Å². The van der Waals surface area contributed by atoms with Gasteiger partial charge in [0.25, 0.3) is 0 Å². The molecule has 0 radical (unpaired) electrons. The average molecular weight is 143 g/mol. The summed E-state index contributed by atoms with van der Waals surface area (Å²) in [6.07, 6.45) is 1.74. The fourth-order valence-corrected chi connectivity index (χ4v) is 0.752. The van der Waals surface area contributed by atoms with Crippen molar-refractivity contribution in [1.29, 1.82) is 0 Å². The number of rotatable bonds is 2. The molecule has 0 fully saturated rings. The third kappa shape index (κ3) is 2.42. The molecule has 0 bridgehead atoms. The molecule has 0 N–H and O–H groups in total. The lowest BCUT2D eigenvalue weighted by Crippen LogP contribution is -1.87. The summed E-state index contributed by atoms with van der Waals surface area (Å²) in [5.74, 6) is 0. The lowest BCUT2D eigenvalue weighted by Gasteiger charge is -1.92. The Morgan fingerprint density at radius 3 is 2.55 bits per heavy atom. The summed E-state index contributed by atoms with van der Waals surface area (Å²) in [5, 5.41) is 0. The highest BCUT2D eigenvalue weighted by molar-refractivity contribution is 6.63. The first-order chi connectivity index (χ1) is 5.33. The Bertz CT molecular complexity index is 264. The van der Waals surface area contributed by atoms with E-state index >= 15 is 0 Å². The van der Waals surface area contributed by atoms with Crippen molar-refractivity contribution in [3.8, 4) is 0 Å². The number of nitrogens with zero attached hydrogens (tertiary/aromatic N) is 1. The van der Waals surface area contributed by atoms with Crippen molar-refractivity contribution in [1.82, 2.24) is 0 Å². The summed E-state index contributed by atoms with van der Waals surface area (Å²) >= 11 is 0. The summed E-state index contributed by atoms with van der Waals surface area (Å²) < 4.78 is 0. The van der Waals surface area contributed by atoms with E-state index in [9.17, 15) is 0 Å². The molecule has 1 aromatic rings. The number of hydrogen-bond acceptors (Lipinski definition) is 1. The minimum absolute atomic E-state index is 0.941. The standard InChI is InChI=1S/C9H10BN/c1-2-9(10)11-8-6-4-3-5-7-8/h2-7H,1,10H2. The van der Waals surface area contributed by atoms with Crippen LogP contribution in [0.25, 0.3) is 0 Å². The van der Waals surface area contributed by atoms with Crippen molar-refractivity contribution in [2.75, 3.05) is 0 Å². The number of para-hydroxylation sites is 1. The fraction of sp³-hybridized carbons (Fsp3) is 0. The molecular weight excluding hydrogens is 133 g/mol. The highest BCUT2D eigenvalue weighted by Gasteiger charge is 1.84. The van der Waals surface area contributed by atoms with Gasteiger partial charge >= 0.3 is 0 Å². The van der Waals surface area contributed by atoms with Crippen molar-refractivity contribution in [2.24, 2.45) is 4.99 Å². The van der Waals surface area contributed by atoms with E-state index in [4.69, 9.17) is 0 Å². The van der Waals surface area contributed by atoms with Crippen LogP contribution in [-0.4, -0.2) is 13.5 Å². The molecule has 0 saturated carbocycles. The maximum Gasteiger partial charge on any atom is 0.163 e. The molecule has 0 atom stereocenters. The molecule has 2 heteroatoms. The molecule has 54 valence electrons. The van der Waals surface area contributed by atoms with E-state index in [2.05, 4.69) is 11.6 Å².